The van der Waals surface area contributed by atoms with E-state index in [2.05, 4.69) is 4.31 Å². The van der Waals surface area contributed by atoms with Crippen LogP contribution in [0.25, 0.3) is 0 Å². The normalized spacial score (nSPS) is 16.0. The fraction of sp³-hybridized carbons (Fsp3) is 0.350. The van der Waals surface area contributed by atoms with E-state index in [1.165, 1.54) is 24.1 Å². The van der Waals surface area contributed by atoms with Gasteiger partial charge in [0.05, 0.1) is 23.8 Å². The number of amides is 1. The van der Waals surface area contributed by atoms with Crippen molar-refractivity contribution in [2.45, 2.75) is 36.6 Å². The van der Waals surface area contributed by atoms with Gasteiger partial charge in [-0.3, -0.25) is 10.0 Å². The number of hydroxylamine groups is 1. The SMILES string of the molecule is O=C(NO)c1ccccc1SN1CCC(OCc2ccc(C(F)(F)F)cc2)CC1. The first-order chi connectivity index (χ1) is 13.9. The van der Waals surface area contributed by atoms with Crippen molar-refractivity contribution in [3.8, 4) is 0 Å². The predicted octanol–water partition coefficient (Wildman–Crippen LogP) is 4.51. The van der Waals surface area contributed by atoms with Crippen LogP contribution in [0.2, 0.25) is 0 Å². The number of carbonyl (C=O) groups excluding carboxylic acids is 1. The summed E-state index contributed by atoms with van der Waals surface area (Å²) in [4.78, 5) is 12.5. The summed E-state index contributed by atoms with van der Waals surface area (Å²) in [7, 11) is 0. The lowest BCUT2D eigenvalue weighted by molar-refractivity contribution is -0.137. The van der Waals surface area contributed by atoms with Crippen LogP contribution in [0.1, 0.15) is 34.3 Å². The van der Waals surface area contributed by atoms with Gasteiger partial charge in [-0.25, -0.2) is 9.79 Å². The van der Waals surface area contributed by atoms with Crippen molar-refractivity contribution >= 4 is 17.9 Å². The zero-order chi connectivity index (χ0) is 20.9. The monoisotopic (exact) mass is 426 g/mol. The Hall–Kier alpha value is -2.07. The summed E-state index contributed by atoms with van der Waals surface area (Å²) < 4.78 is 45.8. The van der Waals surface area contributed by atoms with Gasteiger partial charge in [-0.1, -0.05) is 24.3 Å². The first-order valence-electron chi connectivity index (χ1n) is 9.11. The summed E-state index contributed by atoms with van der Waals surface area (Å²) >= 11 is 1.45. The van der Waals surface area contributed by atoms with Gasteiger partial charge < -0.3 is 4.74 Å². The molecular weight excluding hydrogens is 405 g/mol. The summed E-state index contributed by atoms with van der Waals surface area (Å²) in [6.45, 7) is 1.77. The molecule has 1 saturated heterocycles. The van der Waals surface area contributed by atoms with Crippen molar-refractivity contribution in [3.05, 3.63) is 65.2 Å². The van der Waals surface area contributed by atoms with E-state index < -0.39 is 17.6 Å². The summed E-state index contributed by atoms with van der Waals surface area (Å²) in [5.41, 5.74) is 2.10. The number of hydrogen-bond donors (Lipinski definition) is 2. The van der Waals surface area contributed by atoms with E-state index in [-0.39, 0.29) is 12.7 Å². The van der Waals surface area contributed by atoms with E-state index in [4.69, 9.17) is 9.94 Å². The minimum Gasteiger partial charge on any atom is -0.373 e. The van der Waals surface area contributed by atoms with Crippen molar-refractivity contribution < 1.29 is 27.9 Å². The minimum absolute atomic E-state index is 0.0325. The molecule has 0 unspecified atom stereocenters. The Kier molecular flexibility index (Phi) is 7.18. The average Bonchev–Trinajstić information content (AvgIpc) is 2.73. The van der Waals surface area contributed by atoms with Gasteiger partial charge in [0, 0.05) is 18.0 Å². The van der Waals surface area contributed by atoms with Crippen LogP contribution < -0.4 is 5.48 Å². The molecule has 29 heavy (non-hydrogen) atoms. The fourth-order valence-corrected chi connectivity index (χ4v) is 4.10. The van der Waals surface area contributed by atoms with Crippen molar-refractivity contribution in [3.63, 3.8) is 0 Å². The lowest BCUT2D eigenvalue weighted by atomic mass is 10.1. The molecule has 1 aliphatic rings. The van der Waals surface area contributed by atoms with Crippen LogP contribution in [0.4, 0.5) is 13.2 Å². The highest BCUT2D eigenvalue weighted by Gasteiger charge is 2.30. The number of nitrogens with zero attached hydrogens (tertiary/aromatic N) is 1. The second kappa shape index (κ2) is 9.62. The quantitative estimate of drug-likeness (QED) is 0.404. The number of halogens is 3. The molecule has 1 aliphatic heterocycles. The first kappa shape index (κ1) is 21.6. The molecular formula is C20H21F3N2O3S. The number of hydrogen-bond acceptors (Lipinski definition) is 5. The molecule has 0 spiro atoms. The molecule has 1 amide bonds. The van der Waals surface area contributed by atoms with Gasteiger partial charge in [-0.2, -0.15) is 13.2 Å². The number of rotatable bonds is 6. The predicted molar refractivity (Wildman–Crippen MR) is 102 cm³/mol. The maximum absolute atomic E-state index is 12.6. The van der Waals surface area contributed by atoms with E-state index in [1.807, 2.05) is 12.1 Å². The molecule has 0 aromatic heterocycles. The molecule has 1 heterocycles. The van der Waals surface area contributed by atoms with Crippen LogP contribution in [-0.4, -0.2) is 34.6 Å². The maximum atomic E-state index is 12.6. The highest BCUT2D eigenvalue weighted by molar-refractivity contribution is 7.97. The van der Waals surface area contributed by atoms with Crippen molar-refractivity contribution in [2.24, 2.45) is 0 Å². The van der Waals surface area contributed by atoms with Crippen LogP contribution >= 0.6 is 11.9 Å². The van der Waals surface area contributed by atoms with Crippen LogP contribution in [0.5, 0.6) is 0 Å². The van der Waals surface area contributed by atoms with Crippen molar-refractivity contribution in [1.82, 2.24) is 9.79 Å². The molecule has 3 rings (SSSR count). The molecule has 0 atom stereocenters. The van der Waals surface area contributed by atoms with E-state index in [1.54, 1.807) is 17.6 Å². The molecule has 5 nitrogen and oxygen atoms in total. The second-order valence-corrected chi connectivity index (χ2v) is 7.80. The zero-order valence-corrected chi connectivity index (χ0v) is 16.3. The minimum atomic E-state index is -4.33. The van der Waals surface area contributed by atoms with E-state index in [0.717, 1.165) is 43.0 Å². The third-order valence-electron chi connectivity index (χ3n) is 4.63. The lowest BCUT2D eigenvalue weighted by Gasteiger charge is -2.31. The van der Waals surface area contributed by atoms with Crippen LogP contribution in [-0.2, 0) is 17.5 Å². The Morgan fingerprint density at radius 2 is 1.79 bits per heavy atom. The van der Waals surface area contributed by atoms with Gasteiger partial charge >= 0.3 is 6.18 Å². The maximum Gasteiger partial charge on any atom is 0.416 e. The summed E-state index contributed by atoms with van der Waals surface area (Å²) in [6, 6.07) is 12.0. The third kappa shape index (κ3) is 5.96. The Bertz CT molecular complexity index is 822. The van der Waals surface area contributed by atoms with E-state index in [9.17, 15) is 18.0 Å². The summed E-state index contributed by atoms with van der Waals surface area (Å²) in [6.07, 6.45) is -2.74. The number of ether oxygens (including phenoxy) is 1. The lowest BCUT2D eigenvalue weighted by Crippen LogP contribution is -2.33. The standard InChI is InChI=1S/C20H21F3N2O3S/c21-20(22,23)15-7-5-14(6-8-15)13-28-16-9-11-25(12-10-16)29-18-4-2-1-3-17(18)19(26)24-27/h1-8,16,27H,9-13H2,(H,24,26). The smallest absolute Gasteiger partial charge is 0.373 e. The Morgan fingerprint density at radius 3 is 2.41 bits per heavy atom. The molecule has 0 saturated carbocycles. The van der Waals surface area contributed by atoms with Gasteiger partial charge in [0.2, 0.25) is 0 Å². The van der Waals surface area contributed by atoms with Crippen molar-refractivity contribution in [1.29, 1.82) is 0 Å². The largest absolute Gasteiger partial charge is 0.416 e. The van der Waals surface area contributed by atoms with Gasteiger partial charge in [0.15, 0.2) is 0 Å². The number of carbonyl (C=O) groups is 1. The molecule has 2 N–H and O–H groups in total. The van der Waals surface area contributed by atoms with Crippen molar-refractivity contribution in [2.75, 3.05) is 13.1 Å². The summed E-state index contributed by atoms with van der Waals surface area (Å²) in [5.74, 6) is -0.553. The highest BCUT2D eigenvalue weighted by Crippen LogP contribution is 2.31. The van der Waals surface area contributed by atoms with Gasteiger partial charge in [0.1, 0.15) is 0 Å². The Morgan fingerprint density at radius 1 is 1.14 bits per heavy atom. The molecule has 1 fully saturated rings. The van der Waals surface area contributed by atoms with E-state index in [0.29, 0.717) is 11.1 Å². The third-order valence-corrected chi connectivity index (χ3v) is 5.80. The van der Waals surface area contributed by atoms with Crippen LogP contribution in [0.3, 0.4) is 0 Å². The van der Waals surface area contributed by atoms with Crippen LogP contribution in [0.15, 0.2) is 53.4 Å². The molecule has 2 aromatic rings. The molecule has 0 radical (unpaired) electrons. The van der Waals surface area contributed by atoms with Gasteiger partial charge in [-0.15, -0.1) is 0 Å². The topological polar surface area (TPSA) is 61.8 Å². The number of piperidine rings is 1. The van der Waals surface area contributed by atoms with Gasteiger partial charge in [-0.05, 0) is 54.6 Å². The number of alkyl halides is 3. The molecule has 0 bridgehead atoms. The number of nitrogens with one attached hydrogen (secondary N) is 1. The number of benzene rings is 2. The fourth-order valence-electron chi connectivity index (χ4n) is 3.03. The average molecular weight is 426 g/mol. The molecule has 9 heteroatoms. The summed E-state index contributed by atoms with van der Waals surface area (Å²) in [5, 5.41) is 8.87. The van der Waals surface area contributed by atoms with Crippen LogP contribution in [0, 0.1) is 0 Å². The first-order valence-corrected chi connectivity index (χ1v) is 9.88. The highest BCUT2D eigenvalue weighted by atomic mass is 32.2. The Labute approximate surface area is 170 Å². The molecule has 0 aliphatic carbocycles. The Balaban J connectivity index is 1.47. The van der Waals surface area contributed by atoms with Gasteiger partial charge in [0.25, 0.3) is 5.91 Å². The molecule has 156 valence electrons. The second-order valence-electron chi connectivity index (χ2n) is 6.66. The van der Waals surface area contributed by atoms with E-state index >= 15 is 0 Å². The zero-order valence-electron chi connectivity index (χ0n) is 15.5. The molecule has 2 aromatic carbocycles.